The minimum absolute atomic E-state index is 0.0947. The Hall–Kier alpha value is -0.900. The van der Waals surface area contributed by atoms with Crippen LogP contribution < -0.4 is 0 Å². The molecule has 2 rings (SSSR count). The van der Waals surface area contributed by atoms with Crippen LogP contribution in [-0.2, 0) is 16.1 Å². The molecular formula is C17H26O3. The Bertz CT molecular complexity index is 410. The molecule has 1 aromatic carbocycles. The van der Waals surface area contributed by atoms with Crippen molar-refractivity contribution in [1.29, 1.82) is 0 Å². The van der Waals surface area contributed by atoms with Gasteiger partial charge in [-0.3, -0.25) is 0 Å². The zero-order chi connectivity index (χ0) is 14.6. The summed E-state index contributed by atoms with van der Waals surface area (Å²) in [6, 6.07) is 10.2. The highest BCUT2D eigenvalue weighted by atomic mass is 16.6. The topological polar surface area (TPSA) is 38.7 Å². The van der Waals surface area contributed by atoms with E-state index in [1.807, 2.05) is 32.0 Å². The van der Waals surface area contributed by atoms with E-state index in [0.29, 0.717) is 13.2 Å². The fourth-order valence-corrected chi connectivity index (χ4v) is 2.71. The predicted octanol–water partition coefficient (Wildman–Crippen LogP) is 3.30. The van der Waals surface area contributed by atoms with Gasteiger partial charge >= 0.3 is 0 Å². The van der Waals surface area contributed by atoms with Crippen LogP contribution in [0.25, 0.3) is 0 Å². The third-order valence-corrected chi connectivity index (χ3v) is 4.16. The van der Waals surface area contributed by atoms with Crippen molar-refractivity contribution >= 4 is 0 Å². The van der Waals surface area contributed by atoms with Crippen molar-refractivity contribution in [3.05, 3.63) is 35.9 Å². The maximum atomic E-state index is 10.1. The van der Waals surface area contributed by atoms with Crippen molar-refractivity contribution < 1.29 is 14.6 Å². The first-order chi connectivity index (χ1) is 9.45. The van der Waals surface area contributed by atoms with Gasteiger partial charge in [0, 0.05) is 0 Å². The summed E-state index contributed by atoms with van der Waals surface area (Å²) >= 11 is 0. The van der Waals surface area contributed by atoms with Gasteiger partial charge in [0.1, 0.15) is 0 Å². The van der Waals surface area contributed by atoms with Gasteiger partial charge in [-0.1, -0.05) is 37.3 Å². The zero-order valence-corrected chi connectivity index (χ0v) is 12.8. The molecule has 1 aromatic rings. The number of hydrogen-bond acceptors (Lipinski definition) is 3. The van der Waals surface area contributed by atoms with Gasteiger partial charge in [-0.15, -0.1) is 0 Å². The van der Waals surface area contributed by atoms with Crippen LogP contribution in [0.5, 0.6) is 0 Å². The SMILES string of the molecule is CCC1(COCc2ccccc2)CCC(C(C)(C)O)O1. The average Bonchev–Trinajstić information content (AvgIpc) is 2.85. The van der Waals surface area contributed by atoms with E-state index in [4.69, 9.17) is 9.47 Å². The molecule has 0 aliphatic carbocycles. The van der Waals surface area contributed by atoms with Gasteiger partial charge in [0.05, 0.1) is 30.5 Å². The van der Waals surface area contributed by atoms with E-state index in [-0.39, 0.29) is 11.7 Å². The van der Waals surface area contributed by atoms with E-state index in [0.717, 1.165) is 19.3 Å². The Morgan fingerprint density at radius 2 is 2.05 bits per heavy atom. The summed E-state index contributed by atoms with van der Waals surface area (Å²) in [5, 5.41) is 10.1. The van der Waals surface area contributed by atoms with Gasteiger partial charge < -0.3 is 14.6 Å². The maximum absolute atomic E-state index is 10.1. The molecule has 3 heteroatoms. The van der Waals surface area contributed by atoms with Crippen LogP contribution in [0.15, 0.2) is 30.3 Å². The van der Waals surface area contributed by atoms with Gasteiger partial charge in [0.2, 0.25) is 0 Å². The first-order valence-corrected chi connectivity index (χ1v) is 7.47. The van der Waals surface area contributed by atoms with E-state index in [9.17, 15) is 5.11 Å². The highest BCUT2D eigenvalue weighted by Gasteiger charge is 2.44. The molecule has 0 bridgehead atoms. The average molecular weight is 278 g/mol. The molecule has 1 heterocycles. The third kappa shape index (κ3) is 3.81. The summed E-state index contributed by atoms with van der Waals surface area (Å²) in [4.78, 5) is 0. The van der Waals surface area contributed by atoms with Crippen LogP contribution >= 0.6 is 0 Å². The monoisotopic (exact) mass is 278 g/mol. The fourth-order valence-electron chi connectivity index (χ4n) is 2.71. The van der Waals surface area contributed by atoms with Crippen molar-refractivity contribution in [1.82, 2.24) is 0 Å². The molecule has 1 N–H and O–H groups in total. The molecule has 1 aliphatic rings. The van der Waals surface area contributed by atoms with Gasteiger partial charge in [-0.05, 0) is 38.7 Å². The smallest absolute Gasteiger partial charge is 0.0918 e. The number of ether oxygens (including phenoxy) is 2. The fraction of sp³-hybridized carbons (Fsp3) is 0.647. The molecule has 112 valence electrons. The molecule has 3 nitrogen and oxygen atoms in total. The summed E-state index contributed by atoms with van der Waals surface area (Å²) in [6.45, 7) is 6.95. The first kappa shape index (κ1) is 15.5. The van der Waals surface area contributed by atoms with Crippen LogP contribution in [0, 0.1) is 0 Å². The third-order valence-electron chi connectivity index (χ3n) is 4.16. The Kier molecular flexibility index (Phi) is 4.84. The van der Waals surface area contributed by atoms with E-state index >= 15 is 0 Å². The second kappa shape index (κ2) is 6.25. The molecule has 0 saturated carbocycles. The second-order valence-corrected chi connectivity index (χ2v) is 6.31. The van der Waals surface area contributed by atoms with E-state index in [2.05, 4.69) is 19.1 Å². The van der Waals surface area contributed by atoms with Gasteiger partial charge in [-0.2, -0.15) is 0 Å². The van der Waals surface area contributed by atoms with E-state index in [1.54, 1.807) is 0 Å². The number of rotatable bonds is 6. The van der Waals surface area contributed by atoms with Crippen LogP contribution in [0.4, 0.5) is 0 Å². The minimum Gasteiger partial charge on any atom is -0.388 e. The van der Waals surface area contributed by atoms with Crippen LogP contribution in [0.2, 0.25) is 0 Å². The molecule has 20 heavy (non-hydrogen) atoms. The number of aliphatic hydroxyl groups is 1. The lowest BCUT2D eigenvalue weighted by Crippen LogP contribution is -2.41. The minimum atomic E-state index is -0.781. The Morgan fingerprint density at radius 1 is 1.35 bits per heavy atom. The van der Waals surface area contributed by atoms with Crippen LogP contribution in [0.3, 0.4) is 0 Å². The summed E-state index contributed by atoms with van der Waals surface area (Å²) < 4.78 is 12.0. The summed E-state index contributed by atoms with van der Waals surface area (Å²) in [5.41, 5.74) is 0.159. The molecule has 0 aromatic heterocycles. The van der Waals surface area contributed by atoms with Gasteiger partial charge in [-0.25, -0.2) is 0 Å². The highest BCUT2D eigenvalue weighted by molar-refractivity contribution is 5.13. The summed E-state index contributed by atoms with van der Waals surface area (Å²) in [5.74, 6) is 0. The number of benzene rings is 1. The molecule has 1 saturated heterocycles. The molecule has 0 amide bonds. The standard InChI is InChI=1S/C17H26O3/c1-4-17(11-10-15(20-17)16(2,3)18)13-19-12-14-8-6-5-7-9-14/h5-9,15,18H,4,10-13H2,1-3H3. The molecule has 2 unspecified atom stereocenters. The molecular weight excluding hydrogens is 252 g/mol. The van der Waals surface area contributed by atoms with Gasteiger partial charge in [0.25, 0.3) is 0 Å². The molecule has 0 spiro atoms. The van der Waals surface area contributed by atoms with Crippen molar-refractivity contribution in [2.24, 2.45) is 0 Å². The lowest BCUT2D eigenvalue weighted by atomic mass is 9.95. The summed E-state index contributed by atoms with van der Waals surface area (Å²) in [7, 11) is 0. The van der Waals surface area contributed by atoms with E-state index in [1.165, 1.54) is 5.56 Å². The largest absolute Gasteiger partial charge is 0.388 e. The Morgan fingerprint density at radius 3 is 2.60 bits per heavy atom. The maximum Gasteiger partial charge on any atom is 0.0918 e. The Labute approximate surface area is 121 Å². The molecule has 2 atom stereocenters. The summed E-state index contributed by atoms with van der Waals surface area (Å²) in [6.07, 6.45) is 2.66. The highest BCUT2D eigenvalue weighted by Crippen LogP contribution is 2.37. The zero-order valence-electron chi connectivity index (χ0n) is 12.8. The van der Waals surface area contributed by atoms with Crippen molar-refractivity contribution in [3.8, 4) is 0 Å². The molecule has 1 aliphatic heterocycles. The lowest BCUT2D eigenvalue weighted by molar-refractivity contribution is -0.147. The molecule has 1 fully saturated rings. The van der Waals surface area contributed by atoms with Crippen molar-refractivity contribution in [3.63, 3.8) is 0 Å². The lowest BCUT2D eigenvalue weighted by Gasteiger charge is -2.32. The quantitative estimate of drug-likeness (QED) is 0.867. The van der Waals surface area contributed by atoms with Crippen LogP contribution in [0.1, 0.15) is 45.6 Å². The Balaban J connectivity index is 1.87. The first-order valence-electron chi connectivity index (χ1n) is 7.47. The predicted molar refractivity (Wildman–Crippen MR) is 79.5 cm³/mol. The van der Waals surface area contributed by atoms with Crippen molar-refractivity contribution in [2.75, 3.05) is 6.61 Å². The normalized spacial score (nSPS) is 26.9. The second-order valence-electron chi connectivity index (χ2n) is 6.31. The van der Waals surface area contributed by atoms with Crippen LogP contribution in [-0.4, -0.2) is 29.0 Å². The molecule has 0 radical (unpaired) electrons. The number of hydrogen-bond donors (Lipinski definition) is 1. The van der Waals surface area contributed by atoms with Gasteiger partial charge in [0.15, 0.2) is 0 Å². The van der Waals surface area contributed by atoms with E-state index < -0.39 is 5.60 Å². The van der Waals surface area contributed by atoms with Crippen molar-refractivity contribution in [2.45, 2.75) is 63.9 Å².